The molecule has 92 valence electrons. The van der Waals surface area contributed by atoms with Gasteiger partial charge in [0.2, 0.25) is 0 Å². The van der Waals surface area contributed by atoms with Gasteiger partial charge in [-0.1, -0.05) is 0 Å². The summed E-state index contributed by atoms with van der Waals surface area (Å²) in [4.78, 5) is 15.9. The van der Waals surface area contributed by atoms with Crippen LogP contribution < -0.4 is 10.6 Å². The van der Waals surface area contributed by atoms with Crippen molar-refractivity contribution in [3.8, 4) is 0 Å². The van der Waals surface area contributed by atoms with Crippen LogP contribution in [0.2, 0.25) is 0 Å². The number of ether oxygens (including phenoxy) is 1. The maximum atomic E-state index is 11.8. The first-order valence-corrected chi connectivity index (χ1v) is 5.79. The third-order valence-corrected chi connectivity index (χ3v) is 2.86. The average Bonchev–Trinajstić information content (AvgIpc) is 2.89. The van der Waals surface area contributed by atoms with E-state index >= 15 is 0 Å². The van der Waals surface area contributed by atoms with E-state index in [9.17, 15) is 4.79 Å². The normalized spacial score (nSPS) is 19.0. The Kier molecular flexibility index (Phi) is 3.93. The summed E-state index contributed by atoms with van der Waals surface area (Å²) < 4.78 is 5.25. The molecule has 1 atom stereocenters. The number of nitrogens with one attached hydrogen (secondary N) is 2. The van der Waals surface area contributed by atoms with Gasteiger partial charge in [0.15, 0.2) is 0 Å². The van der Waals surface area contributed by atoms with Gasteiger partial charge in [0.05, 0.1) is 18.5 Å². The zero-order valence-corrected chi connectivity index (χ0v) is 9.90. The number of carbonyl (C=O) groups excluding carboxylic acids is 1. The Morgan fingerprint density at radius 2 is 2.47 bits per heavy atom. The lowest BCUT2D eigenvalue weighted by atomic mass is 10.1. The van der Waals surface area contributed by atoms with E-state index < -0.39 is 0 Å². The number of pyridine rings is 1. The highest BCUT2D eigenvalue weighted by atomic mass is 16.5. The first-order valence-electron chi connectivity index (χ1n) is 5.79. The van der Waals surface area contributed by atoms with Crippen molar-refractivity contribution in [3.05, 3.63) is 24.0 Å². The maximum absolute atomic E-state index is 11.8. The van der Waals surface area contributed by atoms with Crippen molar-refractivity contribution in [3.63, 3.8) is 0 Å². The molecule has 1 unspecified atom stereocenters. The Bertz CT molecular complexity index is 372. The van der Waals surface area contributed by atoms with Crippen molar-refractivity contribution in [2.24, 2.45) is 5.92 Å². The van der Waals surface area contributed by atoms with Gasteiger partial charge in [-0.3, -0.25) is 4.79 Å². The van der Waals surface area contributed by atoms with E-state index in [1.165, 1.54) is 0 Å². The molecular weight excluding hydrogens is 218 g/mol. The lowest BCUT2D eigenvalue weighted by molar-refractivity contribution is 0.0940. The third-order valence-electron chi connectivity index (χ3n) is 2.86. The van der Waals surface area contributed by atoms with Crippen LogP contribution in [0.4, 0.5) is 5.69 Å². The molecular formula is C12H17N3O2. The van der Waals surface area contributed by atoms with Crippen LogP contribution in [0.25, 0.3) is 0 Å². The van der Waals surface area contributed by atoms with Gasteiger partial charge in [-0.15, -0.1) is 0 Å². The summed E-state index contributed by atoms with van der Waals surface area (Å²) in [7, 11) is 1.82. The van der Waals surface area contributed by atoms with Gasteiger partial charge in [0, 0.05) is 26.1 Å². The molecule has 1 saturated heterocycles. The third kappa shape index (κ3) is 3.17. The van der Waals surface area contributed by atoms with Crippen molar-refractivity contribution in [1.29, 1.82) is 0 Å². The molecule has 5 nitrogen and oxygen atoms in total. The maximum Gasteiger partial charge on any atom is 0.269 e. The number of amides is 1. The topological polar surface area (TPSA) is 63.2 Å². The zero-order chi connectivity index (χ0) is 12.1. The first-order chi connectivity index (χ1) is 8.29. The molecule has 0 saturated carbocycles. The molecule has 0 bridgehead atoms. The Labute approximate surface area is 101 Å². The van der Waals surface area contributed by atoms with E-state index in [2.05, 4.69) is 15.6 Å². The van der Waals surface area contributed by atoms with Crippen molar-refractivity contribution in [1.82, 2.24) is 10.3 Å². The van der Waals surface area contributed by atoms with Gasteiger partial charge < -0.3 is 15.4 Å². The highest BCUT2D eigenvalue weighted by Crippen LogP contribution is 2.11. The van der Waals surface area contributed by atoms with Crippen LogP contribution >= 0.6 is 0 Å². The van der Waals surface area contributed by atoms with Crippen LogP contribution in [0.5, 0.6) is 0 Å². The number of anilines is 1. The second kappa shape index (κ2) is 5.63. The molecule has 2 N–H and O–H groups in total. The van der Waals surface area contributed by atoms with Crippen molar-refractivity contribution < 1.29 is 9.53 Å². The molecule has 0 aromatic carbocycles. The van der Waals surface area contributed by atoms with E-state index in [0.29, 0.717) is 18.2 Å². The fourth-order valence-corrected chi connectivity index (χ4v) is 1.75. The van der Waals surface area contributed by atoms with Gasteiger partial charge in [0.25, 0.3) is 5.91 Å². The molecule has 0 radical (unpaired) electrons. The van der Waals surface area contributed by atoms with Crippen LogP contribution in [0, 0.1) is 5.92 Å². The van der Waals surface area contributed by atoms with E-state index in [-0.39, 0.29) is 5.91 Å². The SMILES string of the molecule is CNc1ccc(C(=O)NCC2CCOC2)nc1. The first kappa shape index (κ1) is 11.9. The molecule has 2 heterocycles. The van der Waals surface area contributed by atoms with Gasteiger partial charge in [-0.25, -0.2) is 4.98 Å². The number of rotatable bonds is 4. The number of hydrogen-bond donors (Lipinski definition) is 2. The molecule has 1 aliphatic heterocycles. The molecule has 0 aliphatic carbocycles. The van der Waals surface area contributed by atoms with E-state index in [4.69, 9.17) is 4.74 Å². The summed E-state index contributed by atoms with van der Waals surface area (Å²) >= 11 is 0. The lowest BCUT2D eigenvalue weighted by Crippen LogP contribution is -2.30. The number of nitrogens with zero attached hydrogens (tertiary/aromatic N) is 1. The summed E-state index contributed by atoms with van der Waals surface area (Å²) in [6.07, 6.45) is 2.67. The molecule has 1 aromatic heterocycles. The minimum atomic E-state index is -0.125. The van der Waals surface area contributed by atoms with Gasteiger partial charge in [0.1, 0.15) is 5.69 Å². The minimum Gasteiger partial charge on any atom is -0.387 e. The van der Waals surface area contributed by atoms with Gasteiger partial charge in [-0.05, 0) is 18.6 Å². The molecule has 0 spiro atoms. The summed E-state index contributed by atoms with van der Waals surface area (Å²) in [6.45, 7) is 2.20. The van der Waals surface area contributed by atoms with Crippen molar-refractivity contribution in [2.75, 3.05) is 32.1 Å². The Morgan fingerprint density at radius 3 is 3.06 bits per heavy atom. The zero-order valence-electron chi connectivity index (χ0n) is 9.90. The second-order valence-corrected chi connectivity index (χ2v) is 4.12. The molecule has 1 aromatic rings. The number of carbonyl (C=O) groups is 1. The molecule has 5 heteroatoms. The fraction of sp³-hybridized carbons (Fsp3) is 0.500. The standard InChI is InChI=1S/C12H17N3O2/c1-13-10-2-3-11(14-7-10)12(16)15-6-9-4-5-17-8-9/h2-3,7,9,13H,4-6,8H2,1H3,(H,15,16). The van der Waals surface area contributed by atoms with Gasteiger partial charge >= 0.3 is 0 Å². The minimum absolute atomic E-state index is 0.125. The highest BCUT2D eigenvalue weighted by molar-refractivity contribution is 5.92. The highest BCUT2D eigenvalue weighted by Gasteiger charge is 2.17. The van der Waals surface area contributed by atoms with E-state index in [1.807, 2.05) is 13.1 Å². The van der Waals surface area contributed by atoms with Crippen LogP contribution in [0.1, 0.15) is 16.9 Å². The molecule has 1 fully saturated rings. The second-order valence-electron chi connectivity index (χ2n) is 4.12. The van der Waals surface area contributed by atoms with Crippen molar-refractivity contribution in [2.45, 2.75) is 6.42 Å². The van der Waals surface area contributed by atoms with E-state index in [0.717, 1.165) is 25.3 Å². The Hall–Kier alpha value is -1.62. The monoisotopic (exact) mass is 235 g/mol. The van der Waals surface area contributed by atoms with Gasteiger partial charge in [-0.2, -0.15) is 0 Å². The number of aromatic nitrogens is 1. The smallest absolute Gasteiger partial charge is 0.269 e. The van der Waals surface area contributed by atoms with E-state index in [1.54, 1.807) is 12.3 Å². The summed E-state index contributed by atoms with van der Waals surface area (Å²) in [5, 5.41) is 5.84. The molecule has 17 heavy (non-hydrogen) atoms. The fourth-order valence-electron chi connectivity index (χ4n) is 1.75. The molecule has 1 amide bonds. The van der Waals surface area contributed by atoms with Crippen LogP contribution in [0.3, 0.4) is 0 Å². The van der Waals surface area contributed by atoms with Crippen molar-refractivity contribution >= 4 is 11.6 Å². The summed E-state index contributed by atoms with van der Waals surface area (Å²) in [5.41, 5.74) is 1.34. The van der Waals surface area contributed by atoms with Crippen LogP contribution in [0.15, 0.2) is 18.3 Å². The molecule has 2 rings (SSSR count). The lowest BCUT2D eigenvalue weighted by Gasteiger charge is -2.09. The van der Waals surface area contributed by atoms with Crippen LogP contribution in [-0.2, 0) is 4.74 Å². The number of hydrogen-bond acceptors (Lipinski definition) is 4. The summed E-state index contributed by atoms with van der Waals surface area (Å²) in [5.74, 6) is 0.315. The van der Waals surface area contributed by atoms with Crippen LogP contribution in [-0.4, -0.2) is 37.7 Å². The quantitative estimate of drug-likeness (QED) is 0.813. The predicted molar refractivity (Wildman–Crippen MR) is 65.0 cm³/mol. The predicted octanol–water partition coefficient (Wildman–Crippen LogP) is 0.890. The Balaban J connectivity index is 1.85. The average molecular weight is 235 g/mol. The Morgan fingerprint density at radius 1 is 1.59 bits per heavy atom. The molecule has 1 aliphatic rings. The summed E-state index contributed by atoms with van der Waals surface area (Å²) in [6, 6.07) is 3.55. The largest absolute Gasteiger partial charge is 0.387 e.